The van der Waals surface area contributed by atoms with Gasteiger partial charge in [0, 0.05) is 69.1 Å². The molecule has 9 heteroatoms. The molecule has 3 N–H and O–H groups in total. The van der Waals surface area contributed by atoms with E-state index in [2.05, 4.69) is 40.1 Å². The number of piperazine rings is 1. The summed E-state index contributed by atoms with van der Waals surface area (Å²) in [6.45, 7) is 4.67. The van der Waals surface area contributed by atoms with Gasteiger partial charge in [-0.25, -0.2) is 0 Å². The summed E-state index contributed by atoms with van der Waals surface area (Å²) >= 11 is 0. The lowest BCUT2D eigenvalue weighted by Gasteiger charge is -2.41. The average Bonchev–Trinajstić information content (AvgIpc) is 3.08. The van der Waals surface area contributed by atoms with Crippen molar-refractivity contribution >= 4 is 11.4 Å². The first kappa shape index (κ1) is 29.9. The van der Waals surface area contributed by atoms with Crippen molar-refractivity contribution in [2.45, 2.75) is 38.1 Å². The molecule has 0 saturated carbocycles. The molecule has 0 amide bonds. The maximum atomic E-state index is 11.0. The highest BCUT2D eigenvalue weighted by atomic mass is 16.7. The summed E-state index contributed by atoms with van der Waals surface area (Å²) in [5.41, 5.74) is 13.2. The van der Waals surface area contributed by atoms with E-state index in [4.69, 9.17) is 15.2 Å². The van der Waals surface area contributed by atoms with Gasteiger partial charge in [-0.1, -0.05) is 60.7 Å². The zero-order chi connectivity index (χ0) is 30.5. The first-order valence-electron chi connectivity index (χ1n) is 15.1. The smallest absolute Gasteiger partial charge is 0.269 e. The lowest BCUT2D eigenvalue weighted by atomic mass is 9.98. The molecule has 0 radical (unpaired) electrons. The summed E-state index contributed by atoms with van der Waals surface area (Å²) in [7, 11) is 0. The van der Waals surface area contributed by atoms with E-state index in [1.54, 1.807) is 12.1 Å². The Labute approximate surface area is 257 Å². The van der Waals surface area contributed by atoms with E-state index in [0.717, 1.165) is 78.2 Å². The monoisotopic (exact) mass is 594 g/mol. The number of nitro benzene ring substituents is 1. The van der Waals surface area contributed by atoms with Crippen molar-refractivity contribution in [3.63, 3.8) is 0 Å². The number of nitro groups is 1. The predicted molar refractivity (Wildman–Crippen MR) is 170 cm³/mol. The van der Waals surface area contributed by atoms with Gasteiger partial charge in [-0.2, -0.15) is 0 Å². The first-order valence-corrected chi connectivity index (χ1v) is 15.1. The van der Waals surface area contributed by atoms with E-state index in [1.165, 1.54) is 0 Å². The van der Waals surface area contributed by atoms with Crippen molar-refractivity contribution in [2.75, 3.05) is 37.6 Å². The average molecular weight is 595 g/mol. The standard InChI is InChI=1S/C35H38N4O5/c36-22-26-3-1-4-28(19-26)29-5-2-6-30(20-29)35-43-33(21-34(44-35)27-9-7-25(24-40)8-10-27)23-37-15-17-38(18-16-37)31-11-13-32(14-12-31)39(41)42/h1-14,19-20,33-35,40H,15-18,21-24,36H2/t33-,34+,35+/m1/s1. The van der Waals surface area contributed by atoms with Crippen molar-refractivity contribution in [2.24, 2.45) is 5.73 Å². The van der Waals surface area contributed by atoms with E-state index >= 15 is 0 Å². The molecule has 44 heavy (non-hydrogen) atoms. The lowest BCUT2D eigenvalue weighted by molar-refractivity contribution is -0.384. The number of hydrogen-bond donors (Lipinski definition) is 2. The zero-order valence-corrected chi connectivity index (χ0v) is 24.6. The Morgan fingerprint density at radius 2 is 1.52 bits per heavy atom. The van der Waals surface area contributed by atoms with Gasteiger partial charge in [-0.05, 0) is 52.1 Å². The number of rotatable bonds is 9. The van der Waals surface area contributed by atoms with Gasteiger partial charge in [-0.15, -0.1) is 0 Å². The number of ether oxygens (including phenoxy) is 2. The van der Waals surface area contributed by atoms with Crippen LogP contribution in [0, 0.1) is 10.1 Å². The third kappa shape index (κ3) is 6.99. The van der Waals surface area contributed by atoms with Crippen molar-refractivity contribution in [3.8, 4) is 11.1 Å². The minimum Gasteiger partial charge on any atom is -0.392 e. The van der Waals surface area contributed by atoms with Crippen LogP contribution in [0.2, 0.25) is 0 Å². The normalized spacial score (nSPS) is 20.9. The Hall–Kier alpha value is -4.12. The fraction of sp³-hybridized carbons (Fsp3) is 0.314. The minimum atomic E-state index is -0.532. The van der Waals surface area contributed by atoms with Crippen molar-refractivity contribution in [1.82, 2.24) is 4.90 Å². The molecule has 0 aromatic heterocycles. The van der Waals surface area contributed by atoms with Crippen molar-refractivity contribution in [3.05, 3.63) is 129 Å². The SMILES string of the molecule is NCc1cccc(-c2cccc([C@H]3O[C@@H](CN4CCN(c5ccc([N+](=O)[O-])cc5)CC4)C[C@@H](c4ccc(CO)cc4)O3)c2)c1. The van der Waals surface area contributed by atoms with Gasteiger partial charge in [0.25, 0.3) is 5.69 Å². The molecule has 3 atom stereocenters. The minimum absolute atomic E-state index is 0.00413. The molecule has 0 unspecified atom stereocenters. The maximum absolute atomic E-state index is 11.0. The molecule has 0 spiro atoms. The molecule has 4 aromatic rings. The highest BCUT2D eigenvalue weighted by molar-refractivity contribution is 5.65. The number of benzene rings is 4. The second-order valence-corrected chi connectivity index (χ2v) is 11.4. The number of aliphatic hydroxyl groups is 1. The Morgan fingerprint density at radius 1 is 0.818 bits per heavy atom. The zero-order valence-electron chi connectivity index (χ0n) is 24.6. The largest absolute Gasteiger partial charge is 0.392 e. The first-order chi connectivity index (χ1) is 21.5. The topological polar surface area (TPSA) is 114 Å². The van der Waals surface area contributed by atoms with E-state index in [1.807, 2.05) is 54.6 Å². The van der Waals surface area contributed by atoms with Crippen molar-refractivity contribution in [1.29, 1.82) is 0 Å². The van der Waals surface area contributed by atoms with Gasteiger partial charge in [0.1, 0.15) is 0 Å². The molecular formula is C35H38N4O5. The van der Waals surface area contributed by atoms with E-state index in [9.17, 15) is 15.2 Å². The van der Waals surface area contributed by atoms with Gasteiger partial charge in [-0.3, -0.25) is 15.0 Å². The Bertz CT molecular complexity index is 1550. The van der Waals surface area contributed by atoms with E-state index in [-0.39, 0.29) is 29.4 Å². The van der Waals surface area contributed by atoms with Crippen LogP contribution in [-0.4, -0.2) is 53.8 Å². The molecule has 2 aliphatic heterocycles. The third-order valence-electron chi connectivity index (χ3n) is 8.53. The fourth-order valence-corrected chi connectivity index (χ4v) is 6.04. The highest BCUT2D eigenvalue weighted by Crippen LogP contribution is 2.39. The van der Waals surface area contributed by atoms with Crippen LogP contribution in [-0.2, 0) is 22.6 Å². The van der Waals surface area contributed by atoms with Crippen LogP contribution in [0.4, 0.5) is 11.4 Å². The summed E-state index contributed by atoms with van der Waals surface area (Å²) in [6, 6.07) is 31.3. The third-order valence-corrected chi connectivity index (χ3v) is 8.53. The van der Waals surface area contributed by atoms with Crippen LogP contribution in [0.15, 0.2) is 97.1 Å². The molecule has 2 saturated heterocycles. The van der Waals surface area contributed by atoms with E-state index < -0.39 is 6.29 Å². The molecule has 2 heterocycles. The second-order valence-electron chi connectivity index (χ2n) is 11.4. The summed E-state index contributed by atoms with van der Waals surface area (Å²) in [5.74, 6) is 0. The number of nitrogens with zero attached hydrogens (tertiary/aromatic N) is 3. The van der Waals surface area contributed by atoms with Gasteiger partial charge in [0.15, 0.2) is 6.29 Å². The lowest BCUT2D eigenvalue weighted by Crippen LogP contribution is -2.49. The molecule has 9 nitrogen and oxygen atoms in total. The fourth-order valence-electron chi connectivity index (χ4n) is 6.04. The summed E-state index contributed by atoms with van der Waals surface area (Å²) in [4.78, 5) is 15.4. The van der Waals surface area contributed by atoms with Crippen LogP contribution < -0.4 is 10.6 Å². The Kier molecular flexibility index (Phi) is 9.30. The number of anilines is 1. The molecule has 6 rings (SSSR count). The number of non-ortho nitro benzene ring substituents is 1. The molecule has 0 bridgehead atoms. The molecular weight excluding hydrogens is 556 g/mol. The summed E-state index contributed by atoms with van der Waals surface area (Å²) < 4.78 is 13.3. The molecule has 2 aliphatic rings. The van der Waals surface area contributed by atoms with E-state index in [0.29, 0.717) is 6.54 Å². The quantitative estimate of drug-likeness (QED) is 0.191. The van der Waals surface area contributed by atoms with Gasteiger partial charge < -0.3 is 25.2 Å². The van der Waals surface area contributed by atoms with Gasteiger partial charge in [0.05, 0.1) is 23.7 Å². The number of nitrogens with two attached hydrogens (primary N) is 1. The van der Waals surface area contributed by atoms with Crippen LogP contribution in [0.3, 0.4) is 0 Å². The van der Waals surface area contributed by atoms with Gasteiger partial charge >= 0.3 is 0 Å². The molecule has 4 aromatic carbocycles. The Balaban J connectivity index is 1.18. The molecule has 0 aliphatic carbocycles. The van der Waals surface area contributed by atoms with Crippen LogP contribution in [0.5, 0.6) is 0 Å². The number of aliphatic hydroxyl groups excluding tert-OH is 1. The molecule has 228 valence electrons. The summed E-state index contributed by atoms with van der Waals surface area (Å²) in [5, 5.41) is 20.6. The second kappa shape index (κ2) is 13.7. The predicted octanol–water partition coefficient (Wildman–Crippen LogP) is 5.58. The Morgan fingerprint density at radius 3 is 2.20 bits per heavy atom. The van der Waals surface area contributed by atoms with Gasteiger partial charge in [0.2, 0.25) is 0 Å². The van der Waals surface area contributed by atoms with Crippen molar-refractivity contribution < 1.29 is 19.5 Å². The highest BCUT2D eigenvalue weighted by Gasteiger charge is 2.34. The van der Waals surface area contributed by atoms with Crippen LogP contribution in [0.1, 0.15) is 41.1 Å². The maximum Gasteiger partial charge on any atom is 0.269 e. The van der Waals surface area contributed by atoms with Crippen LogP contribution in [0.25, 0.3) is 11.1 Å². The van der Waals surface area contributed by atoms with Crippen LogP contribution >= 0.6 is 0 Å². The number of hydrogen-bond acceptors (Lipinski definition) is 8. The summed E-state index contributed by atoms with van der Waals surface area (Å²) in [6.07, 6.45) is -0.0192. The molecule has 2 fully saturated rings.